The highest BCUT2D eigenvalue weighted by Gasteiger charge is 2.12. The van der Waals surface area contributed by atoms with Crippen LogP contribution in [0.3, 0.4) is 0 Å². The maximum atomic E-state index is 8.93. The van der Waals surface area contributed by atoms with Crippen LogP contribution in [0, 0.1) is 11.3 Å². The van der Waals surface area contributed by atoms with E-state index in [9.17, 15) is 0 Å². The van der Waals surface area contributed by atoms with Crippen LogP contribution in [0.25, 0.3) is 5.69 Å². The number of methoxy groups -OCH3 is 1. The molecule has 0 aliphatic rings. The summed E-state index contributed by atoms with van der Waals surface area (Å²) in [7, 11) is 1.57. The van der Waals surface area contributed by atoms with E-state index in [0.29, 0.717) is 23.9 Å². The zero-order valence-corrected chi connectivity index (χ0v) is 11.8. The van der Waals surface area contributed by atoms with Gasteiger partial charge in [0, 0.05) is 18.7 Å². The molecule has 0 amide bonds. The van der Waals surface area contributed by atoms with Crippen LogP contribution in [-0.4, -0.2) is 28.1 Å². The van der Waals surface area contributed by atoms with Gasteiger partial charge >= 0.3 is 0 Å². The average Bonchev–Trinajstić information content (AvgIpc) is 2.92. The summed E-state index contributed by atoms with van der Waals surface area (Å²) in [5.41, 5.74) is 2.25. The molecule has 6 nitrogen and oxygen atoms in total. The number of hydrogen-bond acceptors (Lipinski definition) is 5. The predicted octanol–water partition coefficient (Wildman–Crippen LogP) is 1.65. The molecule has 0 atom stereocenters. The highest BCUT2D eigenvalue weighted by atomic mass is 16.5. The lowest BCUT2D eigenvalue weighted by molar-refractivity contribution is 0.410. The van der Waals surface area contributed by atoms with Crippen molar-refractivity contribution in [1.29, 1.82) is 5.26 Å². The van der Waals surface area contributed by atoms with Crippen LogP contribution in [-0.2, 0) is 6.54 Å². The zero-order chi connectivity index (χ0) is 14.5. The molecule has 104 valence electrons. The molecule has 0 aliphatic heterocycles. The number of rotatable bonds is 5. The number of nitriles is 1. The van der Waals surface area contributed by atoms with Gasteiger partial charge in [0.05, 0.1) is 30.6 Å². The third kappa shape index (κ3) is 2.95. The first kappa shape index (κ1) is 14.0. The second-order valence-electron chi connectivity index (χ2n) is 4.67. The summed E-state index contributed by atoms with van der Waals surface area (Å²) in [6.45, 7) is 4.82. The highest BCUT2D eigenvalue weighted by Crippen LogP contribution is 2.24. The highest BCUT2D eigenvalue weighted by molar-refractivity contribution is 5.51. The van der Waals surface area contributed by atoms with Gasteiger partial charge in [-0.3, -0.25) is 0 Å². The first-order valence-electron chi connectivity index (χ1n) is 6.37. The normalized spacial score (nSPS) is 10.6. The minimum atomic E-state index is 0.376. The van der Waals surface area contributed by atoms with Crippen molar-refractivity contribution in [3.8, 4) is 17.5 Å². The molecular formula is C14H17N5O. The second kappa shape index (κ2) is 6.17. The minimum Gasteiger partial charge on any atom is -0.494 e. The Kier molecular flexibility index (Phi) is 4.33. The first-order valence-corrected chi connectivity index (χ1v) is 6.37. The van der Waals surface area contributed by atoms with Crippen LogP contribution in [0.4, 0.5) is 0 Å². The molecule has 1 aromatic carbocycles. The second-order valence-corrected chi connectivity index (χ2v) is 4.67. The maximum absolute atomic E-state index is 8.93. The Bertz CT molecular complexity index is 627. The van der Waals surface area contributed by atoms with Gasteiger partial charge in [-0.2, -0.15) is 5.26 Å². The van der Waals surface area contributed by atoms with Crippen molar-refractivity contribution in [3.05, 3.63) is 35.7 Å². The molecular weight excluding hydrogens is 254 g/mol. The van der Waals surface area contributed by atoms with Gasteiger partial charge in [-0.1, -0.05) is 19.1 Å². The van der Waals surface area contributed by atoms with Crippen LogP contribution < -0.4 is 10.1 Å². The largest absolute Gasteiger partial charge is 0.494 e. The van der Waals surface area contributed by atoms with E-state index in [0.717, 1.165) is 11.4 Å². The minimum absolute atomic E-state index is 0.376. The molecule has 2 aromatic rings. The molecule has 0 saturated carbocycles. The Balaban J connectivity index is 2.37. The summed E-state index contributed by atoms with van der Waals surface area (Å²) in [6, 6.07) is 7.70. The molecule has 0 bridgehead atoms. The van der Waals surface area contributed by atoms with Gasteiger partial charge in [0.1, 0.15) is 11.4 Å². The summed E-state index contributed by atoms with van der Waals surface area (Å²) in [5, 5.41) is 20.3. The fourth-order valence-corrected chi connectivity index (χ4v) is 1.81. The lowest BCUT2D eigenvalue weighted by atomic mass is 10.2. The van der Waals surface area contributed by atoms with Crippen molar-refractivity contribution in [1.82, 2.24) is 20.3 Å². The van der Waals surface area contributed by atoms with Gasteiger partial charge in [0.15, 0.2) is 0 Å². The van der Waals surface area contributed by atoms with Crippen LogP contribution in [0.5, 0.6) is 5.75 Å². The van der Waals surface area contributed by atoms with Crippen molar-refractivity contribution in [3.63, 3.8) is 0 Å². The molecule has 0 spiro atoms. The van der Waals surface area contributed by atoms with E-state index in [2.05, 4.69) is 35.5 Å². The number of nitrogens with one attached hydrogen (secondary N) is 1. The molecule has 20 heavy (non-hydrogen) atoms. The van der Waals surface area contributed by atoms with Crippen LogP contribution in [0.2, 0.25) is 0 Å². The molecule has 0 radical (unpaired) electrons. The Labute approximate surface area is 118 Å². The Morgan fingerprint density at radius 3 is 2.90 bits per heavy atom. The molecule has 2 rings (SSSR count). The lowest BCUT2D eigenvalue weighted by Crippen LogP contribution is -2.23. The number of aromatic nitrogens is 3. The van der Waals surface area contributed by atoms with Crippen LogP contribution in [0.1, 0.15) is 25.1 Å². The number of ether oxygens (including phenoxy) is 1. The summed E-state index contributed by atoms with van der Waals surface area (Å²) in [6.07, 6.45) is 1.72. The van der Waals surface area contributed by atoms with Gasteiger partial charge in [-0.15, -0.1) is 5.10 Å². The van der Waals surface area contributed by atoms with Crippen molar-refractivity contribution in [2.45, 2.75) is 26.4 Å². The first-order chi connectivity index (χ1) is 9.65. The van der Waals surface area contributed by atoms with Gasteiger partial charge in [-0.25, -0.2) is 4.68 Å². The fourth-order valence-electron chi connectivity index (χ4n) is 1.81. The quantitative estimate of drug-likeness (QED) is 0.894. The van der Waals surface area contributed by atoms with Crippen LogP contribution >= 0.6 is 0 Å². The SMILES string of the molecule is COc1cc(C#N)ccc1-n1nncc1CNC(C)C. The zero-order valence-electron chi connectivity index (χ0n) is 11.8. The van der Waals surface area contributed by atoms with Crippen molar-refractivity contribution >= 4 is 0 Å². The van der Waals surface area contributed by atoms with Gasteiger partial charge in [0.25, 0.3) is 0 Å². The van der Waals surface area contributed by atoms with E-state index in [1.54, 1.807) is 30.1 Å². The average molecular weight is 271 g/mol. The van der Waals surface area contributed by atoms with E-state index in [1.165, 1.54) is 0 Å². The molecule has 1 heterocycles. The van der Waals surface area contributed by atoms with E-state index < -0.39 is 0 Å². The predicted molar refractivity (Wildman–Crippen MR) is 74.6 cm³/mol. The monoisotopic (exact) mass is 271 g/mol. The van der Waals surface area contributed by atoms with Crippen LogP contribution in [0.15, 0.2) is 24.4 Å². The van der Waals surface area contributed by atoms with Crippen molar-refractivity contribution in [2.75, 3.05) is 7.11 Å². The Morgan fingerprint density at radius 2 is 2.25 bits per heavy atom. The third-order valence-electron chi connectivity index (χ3n) is 2.85. The smallest absolute Gasteiger partial charge is 0.145 e. The summed E-state index contributed by atoms with van der Waals surface area (Å²) in [5.74, 6) is 0.598. The number of hydrogen-bond donors (Lipinski definition) is 1. The van der Waals surface area contributed by atoms with E-state index in [-0.39, 0.29) is 0 Å². The van der Waals surface area contributed by atoms with Crippen molar-refractivity contribution in [2.24, 2.45) is 0 Å². The Hall–Kier alpha value is -2.39. The summed E-state index contributed by atoms with van der Waals surface area (Å²) in [4.78, 5) is 0. The maximum Gasteiger partial charge on any atom is 0.145 e. The van der Waals surface area contributed by atoms with Gasteiger partial charge in [-0.05, 0) is 12.1 Å². The fraction of sp³-hybridized carbons (Fsp3) is 0.357. The summed E-state index contributed by atoms with van der Waals surface area (Å²) < 4.78 is 7.05. The number of benzene rings is 1. The molecule has 0 fully saturated rings. The van der Waals surface area contributed by atoms with E-state index in [1.807, 2.05) is 6.07 Å². The van der Waals surface area contributed by atoms with E-state index >= 15 is 0 Å². The van der Waals surface area contributed by atoms with Gasteiger partial charge in [0.2, 0.25) is 0 Å². The molecule has 6 heteroatoms. The molecule has 1 N–H and O–H groups in total. The number of nitrogens with zero attached hydrogens (tertiary/aromatic N) is 4. The lowest BCUT2D eigenvalue weighted by Gasteiger charge is -2.12. The molecule has 1 aromatic heterocycles. The van der Waals surface area contributed by atoms with Crippen molar-refractivity contribution < 1.29 is 4.74 Å². The van der Waals surface area contributed by atoms with Gasteiger partial charge < -0.3 is 10.1 Å². The topological polar surface area (TPSA) is 75.8 Å². The van der Waals surface area contributed by atoms with E-state index in [4.69, 9.17) is 10.00 Å². The standard InChI is InChI=1S/C14H17N5O/c1-10(2)16-8-12-9-17-18-19(12)13-5-4-11(7-15)6-14(13)20-3/h4-6,9-10,16H,8H2,1-3H3. The Morgan fingerprint density at radius 1 is 1.45 bits per heavy atom. The molecule has 0 aliphatic carbocycles. The third-order valence-corrected chi connectivity index (χ3v) is 2.85. The molecule has 0 unspecified atom stereocenters. The molecule has 0 saturated heterocycles. The summed E-state index contributed by atoms with van der Waals surface area (Å²) >= 11 is 0.